The molecule has 0 spiro atoms. The van der Waals surface area contributed by atoms with E-state index >= 15 is 0 Å². The molecule has 5 heteroatoms. The van der Waals surface area contributed by atoms with Crippen molar-refractivity contribution < 1.29 is 13.9 Å². The van der Waals surface area contributed by atoms with E-state index in [1.807, 2.05) is 38.1 Å². The van der Waals surface area contributed by atoms with E-state index in [9.17, 15) is 9.18 Å². The fourth-order valence-electron chi connectivity index (χ4n) is 1.96. The number of rotatable bonds is 5. The first-order valence-corrected chi connectivity index (χ1v) is 7.37. The van der Waals surface area contributed by atoms with Gasteiger partial charge in [0.15, 0.2) is 6.10 Å². The summed E-state index contributed by atoms with van der Waals surface area (Å²) in [4.78, 5) is 12.3. The molecule has 0 aliphatic rings. The predicted octanol–water partition coefficient (Wildman–Crippen LogP) is 4.58. The fourth-order valence-corrected chi connectivity index (χ4v) is 2.14. The summed E-state index contributed by atoms with van der Waals surface area (Å²) in [5.41, 5.74) is 1.39. The molecule has 22 heavy (non-hydrogen) atoms. The maximum Gasteiger partial charge on any atom is 0.265 e. The van der Waals surface area contributed by atoms with Crippen LogP contribution in [0, 0.1) is 12.7 Å². The highest BCUT2D eigenvalue weighted by Gasteiger charge is 2.19. The first kappa shape index (κ1) is 16.3. The topological polar surface area (TPSA) is 38.3 Å². The summed E-state index contributed by atoms with van der Waals surface area (Å²) < 4.78 is 18.9. The molecule has 116 valence electrons. The average molecular weight is 322 g/mol. The van der Waals surface area contributed by atoms with E-state index in [-0.39, 0.29) is 10.9 Å². The lowest BCUT2D eigenvalue weighted by Gasteiger charge is -2.18. The van der Waals surface area contributed by atoms with Gasteiger partial charge < -0.3 is 10.1 Å². The highest BCUT2D eigenvalue weighted by molar-refractivity contribution is 6.31. The van der Waals surface area contributed by atoms with E-state index in [2.05, 4.69) is 5.32 Å². The van der Waals surface area contributed by atoms with E-state index in [1.165, 1.54) is 18.2 Å². The number of hydrogen-bond acceptors (Lipinski definition) is 2. The quantitative estimate of drug-likeness (QED) is 0.875. The Hall–Kier alpha value is -2.07. The Labute approximate surface area is 134 Å². The number of anilines is 1. The largest absolute Gasteiger partial charge is 0.480 e. The Balaban J connectivity index is 2.08. The molecule has 1 atom stereocenters. The van der Waals surface area contributed by atoms with Crippen molar-refractivity contribution in [3.8, 4) is 5.75 Å². The molecule has 1 amide bonds. The van der Waals surface area contributed by atoms with Crippen LogP contribution < -0.4 is 10.1 Å². The van der Waals surface area contributed by atoms with Crippen LogP contribution in [0.25, 0.3) is 0 Å². The summed E-state index contributed by atoms with van der Waals surface area (Å²) in [6.45, 7) is 3.78. The lowest BCUT2D eigenvalue weighted by atomic mass is 10.2. The van der Waals surface area contributed by atoms with Crippen molar-refractivity contribution in [1.29, 1.82) is 0 Å². The summed E-state index contributed by atoms with van der Waals surface area (Å²) in [6, 6.07) is 11.5. The zero-order valence-electron chi connectivity index (χ0n) is 12.4. The van der Waals surface area contributed by atoms with Gasteiger partial charge in [-0.25, -0.2) is 4.39 Å². The van der Waals surface area contributed by atoms with Gasteiger partial charge in [-0.3, -0.25) is 4.79 Å². The number of aryl methyl sites for hydroxylation is 1. The number of ether oxygens (including phenoxy) is 1. The lowest BCUT2D eigenvalue weighted by Crippen LogP contribution is -2.32. The Bertz CT molecular complexity index is 675. The van der Waals surface area contributed by atoms with Crippen molar-refractivity contribution in [3.05, 3.63) is 58.9 Å². The molecule has 1 unspecified atom stereocenters. The lowest BCUT2D eigenvalue weighted by molar-refractivity contribution is -0.122. The van der Waals surface area contributed by atoms with E-state index in [0.29, 0.717) is 17.9 Å². The van der Waals surface area contributed by atoms with Crippen molar-refractivity contribution in [1.82, 2.24) is 0 Å². The van der Waals surface area contributed by atoms with Gasteiger partial charge in [0.2, 0.25) is 0 Å². The van der Waals surface area contributed by atoms with Crippen LogP contribution in [0.2, 0.25) is 5.02 Å². The summed E-state index contributed by atoms with van der Waals surface area (Å²) >= 11 is 5.70. The second-order valence-electron chi connectivity index (χ2n) is 4.90. The van der Waals surface area contributed by atoms with Gasteiger partial charge in [-0.05, 0) is 43.2 Å². The molecule has 0 bridgehead atoms. The van der Waals surface area contributed by atoms with Gasteiger partial charge in [-0.1, -0.05) is 36.7 Å². The molecule has 0 aliphatic heterocycles. The van der Waals surface area contributed by atoms with Gasteiger partial charge >= 0.3 is 0 Å². The van der Waals surface area contributed by atoms with Crippen LogP contribution in [0.1, 0.15) is 18.9 Å². The van der Waals surface area contributed by atoms with Gasteiger partial charge in [0.1, 0.15) is 11.6 Å². The fraction of sp³-hybridized carbons (Fsp3) is 0.235. The van der Waals surface area contributed by atoms with Gasteiger partial charge in [-0.2, -0.15) is 0 Å². The third-order valence-electron chi connectivity index (χ3n) is 3.21. The van der Waals surface area contributed by atoms with Crippen LogP contribution in [-0.4, -0.2) is 12.0 Å². The molecule has 0 saturated heterocycles. The molecule has 3 nitrogen and oxygen atoms in total. The van der Waals surface area contributed by atoms with Crippen LogP contribution >= 0.6 is 11.6 Å². The predicted molar refractivity (Wildman–Crippen MR) is 85.9 cm³/mol. The van der Waals surface area contributed by atoms with Crippen LogP contribution in [0.4, 0.5) is 10.1 Å². The van der Waals surface area contributed by atoms with E-state index in [4.69, 9.17) is 16.3 Å². The van der Waals surface area contributed by atoms with Gasteiger partial charge in [0, 0.05) is 5.69 Å². The first-order chi connectivity index (χ1) is 10.5. The van der Waals surface area contributed by atoms with Crippen LogP contribution in [0.15, 0.2) is 42.5 Å². The van der Waals surface area contributed by atoms with Crippen molar-refractivity contribution in [2.75, 3.05) is 5.32 Å². The molecule has 2 rings (SSSR count). The van der Waals surface area contributed by atoms with Crippen molar-refractivity contribution in [3.63, 3.8) is 0 Å². The minimum absolute atomic E-state index is 0.0364. The number of halogens is 2. The van der Waals surface area contributed by atoms with Crippen LogP contribution in [-0.2, 0) is 4.79 Å². The Morgan fingerprint density at radius 3 is 2.68 bits per heavy atom. The molecule has 0 heterocycles. The molecule has 2 aromatic carbocycles. The number of para-hydroxylation sites is 1. The smallest absolute Gasteiger partial charge is 0.265 e. The maximum atomic E-state index is 13.1. The molecule has 0 aliphatic carbocycles. The summed E-state index contributed by atoms with van der Waals surface area (Å²) in [5, 5.41) is 2.65. The van der Waals surface area contributed by atoms with Gasteiger partial charge in [0.05, 0.1) is 5.02 Å². The number of amides is 1. The molecule has 0 radical (unpaired) electrons. The average Bonchev–Trinajstić information content (AvgIpc) is 2.50. The Kier molecular flexibility index (Phi) is 5.39. The number of carbonyl (C=O) groups is 1. The summed E-state index contributed by atoms with van der Waals surface area (Å²) in [7, 11) is 0. The van der Waals surface area contributed by atoms with E-state index in [0.717, 1.165) is 5.56 Å². The normalized spacial score (nSPS) is 11.8. The Morgan fingerprint density at radius 1 is 1.32 bits per heavy atom. The third kappa shape index (κ3) is 3.98. The monoisotopic (exact) mass is 321 g/mol. The van der Waals surface area contributed by atoms with Gasteiger partial charge in [0.25, 0.3) is 5.91 Å². The number of hydrogen-bond donors (Lipinski definition) is 1. The second kappa shape index (κ2) is 7.27. The number of benzene rings is 2. The minimum atomic E-state index is -0.634. The molecule has 2 aromatic rings. The standard InChI is InChI=1S/C17H17ClFNO2/c1-3-15(22-16-7-5-4-6-11(16)2)17(21)20-12-8-9-14(19)13(18)10-12/h4-10,15H,3H2,1-2H3,(H,20,21). The summed E-state index contributed by atoms with van der Waals surface area (Å²) in [6.07, 6.45) is -0.125. The zero-order chi connectivity index (χ0) is 16.1. The first-order valence-electron chi connectivity index (χ1n) is 6.99. The van der Waals surface area contributed by atoms with Gasteiger partial charge in [-0.15, -0.1) is 0 Å². The van der Waals surface area contributed by atoms with E-state index in [1.54, 1.807) is 0 Å². The van der Waals surface area contributed by atoms with Crippen molar-refractivity contribution in [2.24, 2.45) is 0 Å². The summed E-state index contributed by atoms with van der Waals surface area (Å²) in [5.74, 6) is -0.155. The number of carbonyl (C=O) groups excluding carboxylic acids is 1. The highest BCUT2D eigenvalue weighted by Crippen LogP contribution is 2.22. The van der Waals surface area contributed by atoms with Crippen molar-refractivity contribution in [2.45, 2.75) is 26.4 Å². The highest BCUT2D eigenvalue weighted by atomic mass is 35.5. The molecule has 0 aromatic heterocycles. The van der Waals surface area contributed by atoms with Crippen molar-refractivity contribution >= 4 is 23.2 Å². The molecule has 1 N–H and O–H groups in total. The molecular formula is C17H17ClFNO2. The SMILES string of the molecule is CCC(Oc1ccccc1C)C(=O)Nc1ccc(F)c(Cl)c1. The van der Waals surface area contributed by atoms with Crippen LogP contribution in [0.3, 0.4) is 0 Å². The van der Waals surface area contributed by atoms with E-state index < -0.39 is 11.9 Å². The molecular weight excluding hydrogens is 305 g/mol. The minimum Gasteiger partial charge on any atom is -0.480 e. The second-order valence-corrected chi connectivity index (χ2v) is 5.31. The number of nitrogens with one attached hydrogen (secondary N) is 1. The van der Waals surface area contributed by atoms with Crippen LogP contribution in [0.5, 0.6) is 5.75 Å². The third-order valence-corrected chi connectivity index (χ3v) is 3.50. The zero-order valence-corrected chi connectivity index (χ0v) is 13.2. The Morgan fingerprint density at radius 2 is 2.05 bits per heavy atom. The molecule has 0 fully saturated rings. The molecule has 0 saturated carbocycles. The maximum absolute atomic E-state index is 13.1.